The fraction of sp³-hybridized carbons (Fsp3) is 0.474. The van der Waals surface area contributed by atoms with Crippen molar-refractivity contribution in [3.8, 4) is 5.75 Å². The third-order valence-electron chi connectivity index (χ3n) is 4.45. The fourth-order valence-corrected chi connectivity index (χ4v) is 4.03. The third kappa shape index (κ3) is 4.19. The molecule has 1 aliphatic heterocycles. The number of aryl methyl sites for hydroxylation is 1. The number of thiazole rings is 1. The van der Waals surface area contributed by atoms with E-state index in [4.69, 9.17) is 21.1 Å². The number of carbonyl (C=O) groups excluding carboxylic acids is 1. The molecule has 1 aromatic carbocycles. The molecule has 0 unspecified atom stereocenters. The van der Waals surface area contributed by atoms with Gasteiger partial charge in [-0.3, -0.25) is 4.79 Å². The van der Waals surface area contributed by atoms with Crippen molar-refractivity contribution < 1.29 is 14.3 Å². The lowest BCUT2D eigenvalue weighted by Crippen LogP contribution is -2.23. The van der Waals surface area contributed by atoms with E-state index in [0.717, 1.165) is 43.7 Å². The molecule has 0 radical (unpaired) electrons. The molecule has 1 amide bonds. The third-order valence-corrected chi connectivity index (χ3v) is 5.62. The molecular weight excluding hydrogens is 372 g/mol. The SMILES string of the molecule is Cc1cn(C[C@H]2CCCO2)c(=NC(=O)c2cc(Cl)ccc2OC2CC2)s1. The molecule has 1 aliphatic carbocycles. The molecule has 26 heavy (non-hydrogen) atoms. The predicted octanol–water partition coefficient (Wildman–Crippen LogP) is 3.97. The second-order valence-electron chi connectivity index (χ2n) is 6.79. The highest BCUT2D eigenvalue weighted by atomic mass is 35.5. The Bertz CT molecular complexity index is 879. The van der Waals surface area contributed by atoms with Crippen molar-refractivity contribution >= 4 is 28.8 Å². The van der Waals surface area contributed by atoms with Crippen LogP contribution >= 0.6 is 22.9 Å². The Labute approximate surface area is 161 Å². The first kappa shape index (κ1) is 17.8. The number of nitrogens with zero attached hydrogens (tertiary/aromatic N) is 2. The zero-order chi connectivity index (χ0) is 18.1. The van der Waals surface area contributed by atoms with E-state index in [2.05, 4.69) is 4.99 Å². The summed E-state index contributed by atoms with van der Waals surface area (Å²) in [4.78, 5) is 19.0. The van der Waals surface area contributed by atoms with Gasteiger partial charge in [-0.25, -0.2) is 0 Å². The first-order chi connectivity index (χ1) is 12.6. The Hall–Kier alpha value is -1.63. The number of benzene rings is 1. The van der Waals surface area contributed by atoms with Gasteiger partial charge in [0.15, 0.2) is 4.80 Å². The molecule has 1 atom stereocenters. The van der Waals surface area contributed by atoms with Crippen LogP contribution in [-0.4, -0.2) is 29.3 Å². The molecule has 2 aliphatic rings. The van der Waals surface area contributed by atoms with Crippen LogP contribution in [0.3, 0.4) is 0 Å². The number of aromatic nitrogens is 1. The monoisotopic (exact) mass is 392 g/mol. The maximum Gasteiger partial charge on any atom is 0.283 e. The van der Waals surface area contributed by atoms with Crippen molar-refractivity contribution in [1.82, 2.24) is 4.57 Å². The standard InChI is InChI=1S/C19H21ClN2O3S/c1-12-10-22(11-15-3-2-8-24-15)19(26-12)21-18(23)16-9-13(20)4-7-17(16)25-14-5-6-14/h4,7,9-10,14-15H,2-3,5-6,8,11H2,1H3/t15-/m1/s1. The number of amides is 1. The maximum atomic E-state index is 12.8. The number of rotatable bonds is 5. The number of hydrogen-bond donors (Lipinski definition) is 0. The van der Waals surface area contributed by atoms with Gasteiger partial charge in [-0.2, -0.15) is 4.99 Å². The van der Waals surface area contributed by atoms with Crippen molar-refractivity contribution in [3.63, 3.8) is 0 Å². The van der Waals surface area contributed by atoms with Crippen LogP contribution in [0.25, 0.3) is 0 Å². The fourth-order valence-electron chi connectivity index (χ4n) is 3.01. The minimum atomic E-state index is -0.328. The van der Waals surface area contributed by atoms with Crippen LogP contribution in [0.1, 0.15) is 40.9 Å². The highest BCUT2D eigenvalue weighted by Crippen LogP contribution is 2.31. The number of ether oxygens (including phenoxy) is 2. The van der Waals surface area contributed by atoms with E-state index in [0.29, 0.717) is 21.1 Å². The predicted molar refractivity (Wildman–Crippen MR) is 101 cm³/mol. The largest absolute Gasteiger partial charge is 0.490 e. The molecule has 2 heterocycles. The molecule has 1 aromatic heterocycles. The van der Waals surface area contributed by atoms with Gasteiger partial charge in [0.25, 0.3) is 5.91 Å². The quantitative estimate of drug-likeness (QED) is 0.773. The average Bonchev–Trinajstić information content (AvgIpc) is 3.14. The summed E-state index contributed by atoms with van der Waals surface area (Å²) in [7, 11) is 0. The van der Waals surface area contributed by atoms with Crippen molar-refractivity contribution in [3.05, 3.63) is 44.7 Å². The summed E-state index contributed by atoms with van der Waals surface area (Å²) in [5.41, 5.74) is 0.416. The normalized spacial score (nSPS) is 20.5. The second-order valence-corrected chi connectivity index (χ2v) is 8.44. The Morgan fingerprint density at radius 2 is 2.27 bits per heavy atom. The molecule has 0 spiro atoms. The van der Waals surface area contributed by atoms with Crippen molar-refractivity contribution in [2.75, 3.05) is 6.61 Å². The van der Waals surface area contributed by atoms with Gasteiger partial charge in [-0.05, 0) is 50.8 Å². The van der Waals surface area contributed by atoms with Crippen LogP contribution in [0.15, 0.2) is 29.4 Å². The van der Waals surface area contributed by atoms with E-state index >= 15 is 0 Å². The van der Waals surface area contributed by atoms with E-state index in [-0.39, 0.29) is 18.1 Å². The molecular formula is C19H21ClN2O3S. The summed E-state index contributed by atoms with van der Waals surface area (Å²) in [6.45, 7) is 3.54. The van der Waals surface area contributed by atoms with Crippen molar-refractivity contribution in [2.24, 2.45) is 4.99 Å². The second kappa shape index (κ2) is 7.55. The zero-order valence-corrected chi connectivity index (χ0v) is 16.2. The molecule has 0 N–H and O–H groups in total. The van der Waals surface area contributed by atoms with Crippen LogP contribution in [0.4, 0.5) is 0 Å². The summed E-state index contributed by atoms with van der Waals surface area (Å²) >= 11 is 7.60. The first-order valence-electron chi connectivity index (χ1n) is 8.92. The molecule has 0 bridgehead atoms. The topological polar surface area (TPSA) is 52.8 Å². The van der Waals surface area contributed by atoms with E-state index in [9.17, 15) is 4.79 Å². The van der Waals surface area contributed by atoms with Crippen LogP contribution in [-0.2, 0) is 11.3 Å². The van der Waals surface area contributed by atoms with E-state index < -0.39 is 0 Å². The molecule has 4 rings (SSSR count). The van der Waals surface area contributed by atoms with Gasteiger partial charge in [0.1, 0.15) is 5.75 Å². The molecule has 7 heteroatoms. The molecule has 5 nitrogen and oxygen atoms in total. The Morgan fingerprint density at radius 1 is 1.42 bits per heavy atom. The van der Waals surface area contributed by atoms with Crippen LogP contribution in [0, 0.1) is 6.92 Å². The molecule has 138 valence electrons. The summed E-state index contributed by atoms with van der Waals surface area (Å²) < 4.78 is 13.6. The number of carbonyl (C=O) groups is 1. The van der Waals surface area contributed by atoms with E-state index in [1.54, 1.807) is 18.2 Å². The lowest BCUT2D eigenvalue weighted by Gasteiger charge is -2.10. The molecule has 1 saturated heterocycles. The average molecular weight is 393 g/mol. The minimum Gasteiger partial charge on any atom is -0.490 e. The lowest BCUT2D eigenvalue weighted by molar-refractivity contribution is 0.0948. The van der Waals surface area contributed by atoms with Gasteiger partial charge in [0, 0.05) is 22.7 Å². The molecule has 1 saturated carbocycles. The summed E-state index contributed by atoms with van der Waals surface area (Å²) in [5.74, 6) is 0.232. The van der Waals surface area contributed by atoms with Gasteiger partial charge in [0.05, 0.1) is 24.3 Å². The smallest absolute Gasteiger partial charge is 0.283 e. The zero-order valence-electron chi connectivity index (χ0n) is 14.6. The lowest BCUT2D eigenvalue weighted by atomic mass is 10.2. The summed E-state index contributed by atoms with van der Waals surface area (Å²) in [6, 6.07) is 5.13. The summed E-state index contributed by atoms with van der Waals surface area (Å²) in [6.07, 6.45) is 6.61. The Balaban J connectivity index is 1.63. The minimum absolute atomic E-state index is 0.193. The van der Waals surface area contributed by atoms with E-state index in [1.807, 2.05) is 17.7 Å². The summed E-state index contributed by atoms with van der Waals surface area (Å²) in [5, 5.41) is 0.501. The van der Waals surface area contributed by atoms with Crippen LogP contribution in [0.2, 0.25) is 5.02 Å². The van der Waals surface area contributed by atoms with Crippen LogP contribution < -0.4 is 9.54 Å². The van der Waals surface area contributed by atoms with Gasteiger partial charge in [-0.15, -0.1) is 11.3 Å². The number of halogens is 1. The number of hydrogen-bond acceptors (Lipinski definition) is 4. The van der Waals surface area contributed by atoms with Crippen molar-refractivity contribution in [1.29, 1.82) is 0 Å². The van der Waals surface area contributed by atoms with Gasteiger partial charge in [0.2, 0.25) is 0 Å². The van der Waals surface area contributed by atoms with Crippen LogP contribution in [0.5, 0.6) is 5.75 Å². The van der Waals surface area contributed by atoms with Gasteiger partial charge >= 0.3 is 0 Å². The highest BCUT2D eigenvalue weighted by molar-refractivity contribution is 7.09. The van der Waals surface area contributed by atoms with Gasteiger partial charge in [-0.1, -0.05) is 11.6 Å². The molecule has 2 fully saturated rings. The molecule has 2 aromatic rings. The maximum absolute atomic E-state index is 12.8. The van der Waals surface area contributed by atoms with E-state index in [1.165, 1.54) is 11.3 Å². The Morgan fingerprint density at radius 3 is 3.00 bits per heavy atom. The van der Waals surface area contributed by atoms with Gasteiger partial charge < -0.3 is 14.0 Å². The van der Waals surface area contributed by atoms with Crippen molar-refractivity contribution in [2.45, 2.75) is 51.4 Å². The highest BCUT2D eigenvalue weighted by Gasteiger charge is 2.26. The Kier molecular flexibility index (Phi) is 5.16. The first-order valence-corrected chi connectivity index (χ1v) is 10.1.